The summed E-state index contributed by atoms with van der Waals surface area (Å²) in [7, 11) is 0. The molecule has 4 N–H and O–H groups in total. The van der Waals surface area contributed by atoms with E-state index in [0.717, 1.165) is 6.08 Å². The van der Waals surface area contributed by atoms with Gasteiger partial charge in [0.05, 0.1) is 0 Å². The van der Waals surface area contributed by atoms with Gasteiger partial charge in [0.2, 0.25) is 0 Å². The largest absolute Gasteiger partial charge is 0.508 e. The van der Waals surface area contributed by atoms with Gasteiger partial charge >= 0.3 is 6.09 Å². The number of aromatic hydroxyl groups is 1. The van der Waals surface area contributed by atoms with Crippen molar-refractivity contribution in [2.75, 3.05) is 5.32 Å². The highest BCUT2D eigenvalue weighted by Crippen LogP contribution is 2.34. The fourth-order valence-corrected chi connectivity index (χ4v) is 3.30. The van der Waals surface area contributed by atoms with Crippen LogP contribution in [-0.2, 0) is 9.53 Å². The van der Waals surface area contributed by atoms with E-state index < -0.39 is 24.2 Å². The first-order chi connectivity index (χ1) is 16.0. The van der Waals surface area contributed by atoms with Gasteiger partial charge in [0.15, 0.2) is 12.2 Å². The van der Waals surface area contributed by atoms with Gasteiger partial charge in [-0.05, 0) is 48.5 Å². The number of para-hydroxylation sites is 2. The van der Waals surface area contributed by atoms with Gasteiger partial charge in [-0.25, -0.2) is 10.3 Å². The molecule has 2 amide bonds. The Kier molecular flexibility index (Phi) is 8.45. The molecule has 0 aromatic heterocycles. The number of nitrogens with one attached hydrogen (secondary N) is 2. The van der Waals surface area contributed by atoms with E-state index in [2.05, 4.69) is 21.2 Å². The van der Waals surface area contributed by atoms with E-state index in [-0.39, 0.29) is 11.3 Å². The molecule has 0 unspecified atom stereocenters. The molecule has 33 heavy (non-hydrogen) atoms. The molecule has 0 aliphatic rings. The van der Waals surface area contributed by atoms with Crippen molar-refractivity contribution in [3.8, 4) is 11.5 Å². The number of halogens is 1. The molecular weight excluding hydrogens is 492 g/mol. The third-order valence-corrected chi connectivity index (χ3v) is 4.90. The summed E-state index contributed by atoms with van der Waals surface area (Å²) >= 11 is 3.35. The van der Waals surface area contributed by atoms with Gasteiger partial charge in [-0.3, -0.25) is 15.3 Å². The molecule has 0 aliphatic carbocycles. The van der Waals surface area contributed by atoms with Gasteiger partial charge in [0.1, 0.15) is 11.5 Å². The normalized spacial score (nSPS) is 12.5. The Morgan fingerprint density at radius 2 is 1.64 bits per heavy atom. The summed E-state index contributed by atoms with van der Waals surface area (Å²) in [6, 6.07) is 22.0. The van der Waals surface area contributed by atoms with Crippen LogP contribution in [0.3, 0.4) is 0 Å². The van der Waals surface area contributed by atoms with E-state index in [1.54, 1.807) is 72.8 Å². The molecule has 0 saturated heterocycles. The number of benzene rings is 3. The number of ether oxygens (including phenoxy) is 2. The zero-order chi connectivity index (χ0) is 23.6. The van der Waals surface area contributed by atoms with Gasteiger partial charge < -0.3 is 14.6 Å². The molecule has 0 spiro atoms. The average Bonchev–Trinajstić information content (AvgIpc) is 2.83. The molecule has 3 aromatic rings. The number of hydrogen-bond acceptors (Lipinski definition) is 6. The molecular formula is C24H21BrN2O6. The molecule has 0 radical (unpaired) electrons. The van der Waals surface area contributed by atoms with Crippen LogP contribution >= 0.6 is 15.9 Å². The average molecular weight is 513 g/mol. The van der Waals surface area contributed by atoms with E-state index in [4.69, 9.17) is 14.7 Å². The Labute approximate surface area is 198 Å². The number of phenolic OH excluding ortho intramolecular Hbond substituents is 1. The second-order valence-electron chi connectivity index (χ2n) is 6.75. The first kappa shape index (κ1) is 23.8. The number of rotatable bonds is 8. The van der Waals surface area contributed by atoms with Crippen LogP contribution in [0.15, 0.2) is 95.5 Å². The molecule has 8 nitrogen and oxygen atoms in total. The molecule has 0 fully saturated rings. The fourth-order valence-electron chi connectivity index (χ4n) is 2.92. The van der Waals surface area contributed by atoms with E-state index in [1.807, 2.05) is 0 Å². The molecule has 3 rings (SSSR count). The number of phenols is 1. The van der Waals surface area contributed by atoms with Crippen molar-refractivity contribution in [1.82, 2.24) is 5.48 Å². The third kappa shape index (κ3) is 7.09. The molecule has 3 aromatic carbocycles. The molecule has 0 bridgehead atoms. The SMILES string of the molecule is O=C(/C=C/[C@@H](Oc1ccccc1)[C@H](OC(=O)Nc1ccccc1)c1cc(Br)ccc1O)NO. The Morgan fingerprint density at radius 3 is 2.30 bits per heavy atom. The summed E-state index contributed by atoms with van der Waals surface area (Å²) in [5.41, 5.74) is 2.25. The first-order valence-electron chi connectivity index (χ1n) is 9.81. The first-order valence-corrected chi connectivity index (χ1v) is 10.6. The molecule has 0 heterocycles. The molecule has 9 heteroatoms. The smallest absolute Gasteiger partial charge is 0.412 e. The standard InChI is InChI=1S/C24H21BrN2O6/c25-16-11-12-20(28)19(15-16)23(33-24(30)26-17-7-3-1-4-8-17)21(13-14-22(29)27-31)32-18-9-5-2-6-10-18/h1-15,21,23,28,31H,(H,26,30)(H,27,29)/b14-13+/t21-,23-/m1/s1. The van der Waals surface area contributed by atoms with E-state index in [1.165, 1.54) is 17.6 Å². The Hall–Kier alpha value is -3.82. The van der Waals surface area contributed by atoms with Gasteiger partial charge in [0, 0.05) is 21.8 Å². The van der Waals surface area contributed by atoms with E-state index in [0.29, 0.717) is 15.9 Å². The van der Waals surface area contributed by atoms with Crippen LogP contribution in [0.4, 0.5) is 10.5 Å². The number of amides is 2. The summed E-state index contributed by atoms with van der Waals surface area (Å²) in [5.74, 6) is -0.511. The highest BCUT2D eigenvalue weighted by atomic mass is 79.9. The zero-order valence-corrected chi connectivity index (χ0v) is 18.8. The number of carbonyl (C=O) groups is 2. The molecule has 0 saturated carbocycles. The number of anilines is 1. The lowest BCUT2D eigenvalue weighted by molar-refractivity contribution is -0.124. The Bertz CT molecular complexity index is 1110. The van der Waals surface area contributed by atoms with Crippen LogP contribution < -0.4 is 15.5 Å². The quantitative estimate of drug-likeness (QED) is 0.192. The number of hydrogen-bond donors (Lipinski definition) is 4. The minimum absolute atomic E-state index is 0.141. The lowest BCUT2D eigenvalue weighted by Crippen LogP contribution is -2.30. The van der Waals surface area contributed by atoms with Crippen LogP contribution in [0.25, 0.3) is 0 Å². The predicted molar refractivity (Wildman–Crippen MR) is 125 cm³/mol. The van der Waals surface area contributed by atoms with Gasteiger partial charge in [-0.15, -0.1) is 0 Å². The second-order valence-corrected chi connectivity index (χ2v) is 7.67. The summed E-state index contributed by atoms with van der Waals surface area (Å²) < 4.78 is 12.3. The van der Waals surface area contributed by atoms with Crippen LogP contribution in [0.1, 0.15) is 11.7 Å². The van der Waals surface area contributed by atoms with Crippen LogP contribution in [0.5, 0.6) is 11.5 Å². The number of hydroxylamine groups is 1. The monoisotopic (exact) mass is 512 g/mol. The zero-order valence-electron chi connectivity index (χ0n) is 17.2. The fraction of sp³-hybridized carbons (Fsp3) is 0.0833. The van der Waals surface area contributed by atoms with Crippen molar-refractivity contribution in [1.29, 1.82) is 0 Å². The van der Waals surface area contributed by atoms with E-state index in [9.17, 15) is 14.7 Å². The van der Waals surface area contributed by atoms with Gasteiger partial charge in [-0.2, -0.15) is 0 Å². The van der Waals surface area contributed by atoms with Crippen molar-refractivity contribution in [3.05, 3.63) is 101 Å². The summed E-state index contributed by atoms with van der Waals surface area (Å²) in [5, 5.41) is 22.0. The minimum atomic E-state index is -1.17. The maximum absolute atomic E-state index is 12.7. The van der Waals surface area contributed by atoms with Crippen molar-refractivity contribution < 1.29 is 29.4 Å². The Morgan fingerprint density at radius 1 is 0.970 bits per heavy atom. The lowest BCUT2D eigenvalue weighted by Gasteiger charge is -2.27. The van der Waals surface area contributed by atoms with Crippen LogP contribution in [0, 0.1) is 0 Å². The molecule has 2 atom stereocenters. The van der Waals surface area contributed by atoms with Crippen LogP contribution in [0.2, 0.25) is 0 Å². The number of carbonyl (C=O) groups excluding carboxylic acids is 2. The Balaban J connectivity index is 1.98. The second kappa shape index (κ2) is 11.7. The highest BCUT2D eigenvalue weighted by molar-refractivity contribution is 9.10. The van der Waals surface area contributed by atoms with Gasteiger partial charge in [-0.1, -0.05) is 52.3 Å². The molecule has 0 aliphatic heterocycles. The van der Waals surface area contributed by atoms with Crippen LogP contribution in [-0.4, -0.2) is 28.4 Å². The summed E-state index contributed by atoms with van der Waals surface area (Å²) in [4.78, 5) is 24.3. The maximum atomic E-state index is 12.7. The third-order valence-electron chi connectivity index (χ3n) is 4.41. The van der Waals surface area contributed by atoms with Gasteiger partial charge in [0.25, 0.3) is 5.91 Å². The lowest BCUT2D eigenvalue weighted by atomic mass is 10.0. The van der Waals surface area contributed by atoms with Crippen molar-refractivity contribution in [2.24, 2.45) is 0 Å². The summed E-state index contributed by atoms with van der Waals surface area (Å²) in [6.07, 6.45) is -0.666. The van der Waals surface area contributed by atoms with Crippen molar-refractivity contribution in [3.63, 3.8) is 0 Å². The highest BCUT2D eigenvalue weighted by Gasteiger charge is 2.30. The van der Waals surface area contributed by atoms with Crippen molar-refractivity contribution in [2.45, 2.75) is 12.2 Å². The molecule has 170 valence electrons. The van der Waals surface area contributed by atoms with E-state index >= 15 is 0 Å². The minimum Gasteiger partial charge on any atom is -0.508 e. The predicted octanol–water partition coefficient (Wildman–Crippen LogP) is 4.95. The summed E-state index contributed by atoms with van der Waals surface area (Å²) in [6.45, 7) is 0. The maximum Gasteiger partial charge on any atom is 0.412 e. The topological polar surface area (TPSA) is 117 Å². The van der Waals surface area contributed by atoms with Crippen molar-refractivity contribution >= 4 is 33.6 Å².